The summed E-state index contributed by atoms with van der Waals surface area (Å²) in [5.41, 5.74) is 1.95. The van der Waals surface area contributed by atoms with Crippen molar-refractivity contribution in [1.29, 1.82) is 0 Å². The van der Waals surface area contributed by atoms with Gasteiger partial charge >= 0.3 is 0 Å². The van der Waals surface area contributed by atoms with Gasteiger partial charge in [-0.05, 0) is 20.9 Å². The number of aryl methyl sites for hydroxylation is 1. The van der Waals surface area contributed by atoms with Crippen LogP contribution in [0.1, 0.15) is 11.3 Å². The Bertz CT molecular complexity index is 305. The Hall–Kier alpha value is -1.36. The molecule has 5 heteroatoms. The lowest BCUT2D eigenvalue weighted by Crippen LogP contribution is -2.25. The van der Waals surface area contributed by atoms with Gasteiger partial charge < -0.3 is 10.6 Å². The molecule has 0 aliphatic carbocycles. The van der Waals surface area contributed by atoms with Gasteiger partial charge in [0, 0.05) is 11.3 Å². The predicted molar refractivity (Wildman–Crippen MR) is 50.6 cm³/mol. The lowest BCUT2D eigenvalue weighted by atomic mass is 10.3. The minimum absolute atomic E-state index is 0.0860. The first-order valence-corrected chi connectivity index (χ1v) is 4.11. The van der Waals surface area contributed by atoms with E-state index in [1.54, 1.807) is 7.05 Å². The van der Waals surface area contributed by atoms with Gasteiger partial charge in [-0.2, -0.15) is 5.10 Å². The Kier molecular flexibility index (Phi) is 3.02. The highest BCUT2D eigenvalue weighted by Gasteiger charge is 2.07. The van der Waals surface area contributed by atoms with Crippen molar-refractivity contribution < 1.29 is 4.79 Å². The maximum absolute atomic E-state index is 11.1. The van der Waals surface area contributed by atoms with E-state index >= 15 is 0 Å². The molecular weight excluding hydrogens is 168 g/mol. The lowest BCUT2D eigenvalue weighted by molar-refractivity contribution is -0.115. The molecule has 1 rings (SSSR count). The van der Waals surface area contributed by atoms with Crippen LogP contribution < -0.4 is 10.6 Å². The Morgan fingerprint density at radius 1 is 1.54 bits per heavy atom. The number of aromatic nitrogens is 2. The van der Waals surface area contributed by atoms with Gasteiger partial charge in [-0.25, -0.2) is 0 Å². The van der Waals surface area contributed by atoms with Crippen LogP contribution >= 0.6 is 0 Å². The Labute approximate surface area is 76.9 Å². The van der Waals surface area contributed by atoms with Crippen molar-refractivity contribution in [2.24, 2.45) is 0 Å². The molecule has 0 aliphatic rings. The van der Waals surface area contributed by atoms with Crippen LogP contribution in [0.5, 0.6) is 0 Å². The van der Waals surface area contributed by atoms with Gasteiger partial charge in [0.05, 0.1) is 6.54 Å². The van der Waals surface area contributed by atoms with E-state index in [2.05, 4.69) is 20.8 Å². The van der Waals surface area contributed by atoms with E-state index in [1.807, 2.05) is 13.8 Å². The topological polar surface area (TPSA) is 69.8 Å². The number of carbonyl (C=O) groups is 1. The Morgan fingerprint density at radius 3 is 2.69 bits per heavy atom. The van der Waals surface area contributed by atoms with Crippen LogP contribution in [-0.4, -0.2) is 29.7 Å². The van der Waals surface area contributed by atoms with Crippen LogP contribution in [0.2, 0.25) is 0 Å². The largest absolute Gasteiger partial charge is 0.311 e. The molecule has 5 nitrogen and oxygen atoms in total. The molecule has 72 valence electrons. The fourth-order valence-corrected chi connectivity index (χ4v) is 0.944. The summed E-state index contributed by atoms with van der Waals surface area (Å²) in [7, 11) is 1.72. The SMILES string of the molecule is CNCC(=O)Nc1n[nH]c(C)c1C. The fourth-order valence-electron chi connectivity index (χ4n) is 0.944. The van der Waals surface area contributed by atoms with Gasteiger partial charge in [-0.15, -0.1) is 0 Å². The smallest absolute Gasteiger partial charge is 0.239 e. The standard InChI is InChI=1S/C8H14N4O/c1-5-6(2)11-12-8(5)10-7(13)4-9-3/h9H,4H2,1-3H3,(H2,10,11,12,13). The quantitative estimate of drug-likeness (QED) is 0.624. The fraction of sp³-hybridized carbons (Fsp3) is 0.500. The number of nitrogens with zero attached hydrogens (tertiary/aromatic N) is 1. The molecule has 0 unspecified atom stereocenters. The molecule has 0 aliphatic heterocycles. The number of anilines is 1. The summed E-state index contributed by atoms with van der Waals surface area (Å²) in [6.45, 7) is 4.12. The minimum Gasteiger partial charge on any atom is -0.311 e. The molecule has 0 saturated heterocycles. The number of aromatic amines is 1. The summed E-state index contributed by atoms with van der Waals surface area (Å²) in [5, 5.41) is 12.2. The van der Waals surface area contributed by atoms with E-state index in [9.17, 15) is 4.79 Å². The molecule has 1 aromatic rings. The molecule has 0 saturated carbocycles. The molecule has 0 aromatic carbocycles. The molecule has 0 fully saturated rings. The van der Waals surface area contributed by atoms with Gasteiger partial charge in [0.25, 0.3) is 0 Å². The first kappa shape index (κ1) is 9.73. The number of amides is 1. The Balaban J connectivity index is 2.64. The third kappa shape index (κ3) is 2.29. The van der Waals surface area contributed by atoms with Crippen molar-refractivity contribution in [2.45, 2.75) is 13.8 Å². The number of carbonyl (C=O) groups excluding carboxylic acids is 1. The van der Waals surface area contributed by atoms with Gasteiger partial charge in [0.15, 0.2) is 5.82 Å². The molecule has 0 bridgehead atoms. The number of hydrogen-bond acceptors (Lipinski definition) is 3. The van der Waals surface area contributed by atoms with Crippen molar-refractivity contribution in [1.82, 2.24) is 15.5 Å². The maximum Gasteiger partial charge on any atom is 0.239 e. The highest BCUT2D eigenvalue weighted by molar-refractivity contribution is 5.91. The summed E-state index contributed by atoms with van der Waals surface area (Å²) >= 11 is 0. The number of H-pyrrole nitrogens is 1. The second-order valence-electron chi connectivity index (χ2n) is 2.90. The summed E-state index contributed by atoms with van der Waals surface area (Å²) in [4.78, 5) is 11.1. The van der Waals surface area contributed by atoms with Crippen molar-refractivity contribution in [3.8, 4) is 0 Å². The summed E-state index contributed by atoms with van der Waals surface area (Å²) in [6.07, 6.45) is 0. The van der Waals surface area contributed by atoms with Gasteiger partial charge in [-0.1, -0.05) is 0 Å². The van der Waals surface area contributed by atoms with E-state index in [1.165, 1.54) is 0 Å². The second-order valence-corrected chi connectivity index (χ2v) is 2.90. The number of rotatable bonds is 3. The lowest BCUT2D eigenvalue weighted by Gasteiger charge is -2.01. The summed E-state index contributed by atoms with van der Waals surface area (Å²) in [6, 6.07) is 0. The molecule has 1 heterocycles. The molecule has 3 N–H and O–H groups in total. The zero-order valence-electron chi connectivity index (χ0n) is 8.06. The molecule has 13 heavy (non-hydrogen) atoms. The monoisotopic (exact) mass is 182 g/mol. The first-order chi connectivity index (χ1) is 6.15. The minimum atomic E-state index is -0.0860. The van der Waals surface area contributed by atoms with Gasteiger partial charge in [0.2, 0.25) is 5.91 Å². The highest BCUT2D eigenvalue weighted by Crippen LogP contribution is 2.12. The van der Waals surface area contributed by atoms with Crippen LogP contribution in [-0.2, 0) is 4.79 Å². The second kappa shape index (κ2) is 4.04. The average Bonchev–Trinajstić information content (AvgIpc) is 2.37. The Morgan fingerprint density at radius 2 is 2.23 bits per heavy atom. The van der Waals surface area contributed by atoms with E-state index in [4.69, 9.17) is 0 Å². The van der Waals surface area contributed by atoms with Crippen LogP contribution in [0.4, 0.5) is 5.82 Å². The molecule has 0 radical (unpaired) electrons. The molecular formula is C8H14N4O. The molecule has 0 spiro atoms. The van der Waals surface area contributed by atoms with Crippen LogP contribution in [0.25, 0.3) is 0 Å². The number of likely N-dealkylation sites (N-methyl/N-ethyl adjacent to an activating group) is 1. The highest BCUT2D eigenvalue weighted by atomic mass is 16.2. The van der Waals surface area contributed by atoms with Gasteiger partial charge in [0.1, 0.15) is 0 Å². The van der Waals surface area contributed by atoms with Gasteiger partial charge in [-0.3, -0.25) is 9.89 Å². The van der Waals surface area contributed by atoms with Crippen LogP contribution in [0, 0.1) is 13.8 Å². The number of nitrogens with one attached hydrogen (secondary N) is 3. The zero-order chi connectivity index (χ0) is 9.84. The van der Waals surface area contributed by atoms with Crippen molar-refractivity contribution in [2.75, 3.05) is 18.9 Å². The molecule has 1 amide bonds. The predicted octanol–water partition coefficient (Wildman–Crippen LogP) is 0.184. The number of hydrogen-bond donors (Lipinski definition) is 3. The summed E-state index contributed by atoms with van der Waals surface area (Å²) < 4.78 is 0. The van der Waals surface area contributed by atoms with Crippen molar-refractivity contribution in [3.63, 3.8) is 0 Å². The van der Waals surface area contributed by atoms with Crippen molar-refractivity contribution >= 4 is 11.7 Å². The normalized spacial score (nSPS) is 10.1. The van der Waals surface area contributed by atoms with E-state index < -0.39 is 0 Å². The average molecular weight is 182 g/mol. The third-order valence-electron chi connectivity index (χ3n) is 1.85. The summed E-state index contributed by atoms with van der Waals surface area (Å²) in [5.74, 6) is 0.523. The zero-order valence-corrected chi connectivity index (χ0v) is 8.06. The van der Waals surface area contributed by atoms with E-state index in [0.717, 1.165) is 11.3 Å². The van der Waals surface area contributed by atoms with Crippen LogP contribution in [0.15, 0.2) is 0 Å². The maximum atomic E-state index is 11.1. The van der Waals surface area contributed by atoms with E-state index in [0.29, 0.717) is 12.4 Å². The van der Waals surface area contributed by atoms with Crippen LogP contribution in [0.3, 0.4) is 0 Å². The van der Waals surface area contributed by atoms with E-state index in [-0.39, 0.29) is 5.91 Å². The molecule has 0 atom stereocenters. The molecule has 1 aromatic heterocycles. The third-order valence-corrected chi connectivity index (χ3v) is 1.85. The first-order valence-electron chi connectivity index (χ1n) is 4.11. The van der Waals surface area contributed by atoms with Crippen molar-refractivity contribution in [3.05, 3.63) is 11.3 Å².